The summed E-state index contributed by atoms with van der Waals surface area (Å²) < 4.78 is 1.69. The first-order chi connectivity index (χ1) is 18.6. The Morgan fingerprint density at radius 2 is 1.74 bits per heavy atom. The number of nitrogens with zero attached hydrogens (tertiary/aromatic N) is 5. The van der Waals surface area contributed by atoms with E-state index in [9.17, 15) is 4.79 Å². The molecule has 0 atom stereocenters. The van der Waals surface area contributed by atoms with Gasteiger partial charge in [0, 0.05) is 61.2 Å². The van der Waals surface area contributed by atoms with Crippen LogP contribution in [0, 0.1) is 13.5 Å². The molecule has 38 heavy (non-hydrogen) atoms. The maximum atomic E-state index is 13.0. The Bertz CT molecular complexity index is 1700. The number of pyridine rings is 2. The number of piperazine rings is 1. The normalized spacial score (nSPS) is 14.3. The molecule has 7 nitrogen and oxygen atoms in total. The van der Waals surface area contributed by atoms with E-state index in [2.05, 4.69) is 42.9 Å². The second-order valence-corrected chi connectivity index (χ2v) is 9.98. The highest BCUT2D eigenvalue weighted by Gasteiger charge is 2.17. The molecule has 0 bridgehead atoms. The Labute approximate surface area is 221 Å². The Morgan fingerprint density at radius 1 is 0.947 bits per heavy atom. The molecule has 190 valence electrons. The van der Waals surface area contributed by atoms with Gasteiger partial charge >= 0.3 is 0 Å². The first-order valence-corrected chi connectivity index (χ1v) is 13.1. The summed E-state index contributed by atoms with van der Waals surface area (Å²) >= 11 is 0. The van der Waals surface area contributed by atoms with Crippen molar-refractivity contribution in [3.05, 3.63) is 106 Å². The van der Waals surface area contributed by atoms with E-state index in [-0.39, 0.29) is 5.56 Å². The van der Waals surface area contributed by atoms with Crippen LogP contribution in [0.5, 0.6) is 0 Å². The summed E-state index contributed by atoms with van der Waals surface area (Å²) in [7, 11) is 0. The highest BCUT2D eigenvalue weighted by atomic mass is 16.1. The molecular weight excluding hydrogens is 472 g/mol. The Hall–Kier alpha value is -4.41. The van der Waals surface area contributed by atoms with Gasteiger partial charge in [0.1, 0.15) is 0 Å². The number of nitrogens with one attached hydrogen (secondary N) is 1. The van der Waals surface area contributed by atoms with E-state index in [1.54, 1.807) is 4.57 Å². The van der Waals surface area contributed by atoms with Crippen LogP contribution in [0.3, 0.4) is 0 Å². The van der Waals surface area contributed by atoms with Gasteiger partial charge in [0.25, 0.3) is 5.56 Å². The maximum absolute atomic E-state index is 13.0. The quantitative estimate of drug-likeness (QED) is 0.312. The van der Waals surface area contributed by atoms with Crippen LogP contribution >= 0.6 is 0 Å². The SMILES string of the molecule is [C-]#[N+]c1ccc2[nH]cc(CCCN3CCN(c4ccc(-n5ccc6nc(C)ccc6c5=O)cc4)CC3)c2c1. The molecule has 2 aromatic carbocycles. The third-order valence-corrected chi connectivity index (χ3v) is 7.56. The highest BCUT2D eigenvalue weighted by molar-refractivity contribution is 5.86. The molecule has 0 amide bonds. The summed E-state index contributed by atoms with van der Waals surface area (Å²) in [6, 6.07) is 19.8. The monoisotopic (exact) mass is 502 g/mol. The molecule has 0 aliphatic carbocycles. The number of anilines is 1. The minimum absolute atomic E-state index is 0.0455. The molecule has 0 radical (unpaired) electrons. The second kappa shape index (κ2) is 10.2. The van der Waals surface area contributed by atoms with E-state index >= 15 is 0 Å². The molecule has 3 aromatic heterocycles. The fourth-order valence-corrected chi connectivity index (χ4v) is 5.42. The minimum atomic E-state index is -0.0455. The molecule has 0 spiro atoms. The van der Waals surface area contributed by atoms with Crippen LogP contribution in [0.4, 0.5) is 11.4 Å². The summed E-state index contributed by atoms with van der Waals surface area (Å²) in [4.78, 5) is 29.3. The third-order valence-electron chi connectivity index (χ3n) is 7.56. The van der Waals surface area contributed by atoms with Crippen LogP contribution in [0.15, 0.2) is 77.9 Å². The van der Waals surface area contributed by atoms with Crippen molar-refractivity contribution in [1.82, 2.24) is 19.4 Å². The predicted octanol–water partition coefficient (Wildman–Crippen LogP) is 5.48. The fraction of sp³-hybridized carbons (Fsp3) is 0.258. The van der Waals surface area contributed by atoms with Gasteiger partial charge in [-0.15, -0.1) is 0 Å². The minimum Gasteiger partial charge on any atom is -0.369 e. The van der Waals surface area contributed by atoms with E-state index in [0.717, 1.165) is 68.0 Å². The third kappa shape index (κ3) is 4.67. The molecule has 1 aliphatic rings. The number of aromatic amines is 1. The van der Waals surface area contributed by atoms with E-state index in [1.165, 1.54) is 16.6 Å². The van der Waals surface area contributed by atoms with E-state index in [4.69, 9.17) is 6.57 Å². The predicted molar refractivity (Wildman–Crippen MR) is 154 cm³/mol. The van der Waals surface area contributed by atoms with Crippen LogP contribution in [-0.2, 0) is 6.42 Å². The summed E-state index contributed by atoms with van der Waals surface area (Å²) in [5.74, 6) is 0. The van der Waals surface area contributed by atoms with E-state index in [0.29, 0.717) is 11.1 Å². The van der Waals surface area contributed by atoms with Crippen LogP contribution in [0.2, 0.25) is 0 Å². The van der Waals surface area contributed by atoms with E-state index in [1.807, 2.05) is 61.7 Å². The topological polar surface area (TPSA) is 61.5 Å². The molecule has 4 heterocycles. The van der Waals surface area contributed by atoms with Crippen molar-refractivity contribution in [3.63, 3.8) is 0 Å². The zero-order chi connectivity index (χ0) is 26.1. The molecule has 6 rings (SSSR count). The van der Waals surface area contributed by atoms with Gasteiger partial charge in [0.05, 0.1) is 17.5 Å². The molecule has 7 heteroatoms. The number of aromatic nitrogens is 3. The number of hydrogen-bond acceptors (Lipinski definition) is 4. The lowest BCUT2D eigenvalue weighted by Crippen LogP contribution is -2.46. The fourth-order valence-electron chi connectivity index (χ4n) is 5.42. The number of H-pyrrole nitrogens is 1. The average molecular weight is 503 g/mol. The number of hydrogen-bond donors (Lipinski definition) is 1. The van der Waals surface area contributed by atoms with Crippen molar-refractivity contribution in [2.24, 2.45) is 0 Å². The van der Waals surface area contributed by atoms with Crippen molar-refractivity contribution < 1.29 is 0 Å². The first kappa shape index (κ1) is 24.0. The van der Waals surface area contributed by atoms with Crippen LogP contribution in [0.1, 0.15) is 17.7 Å². The molecule has 1 saturated heterocycles. The molecule has 1 aliphatic heterocycles. The van der Waals surface area contributed by atoms with Crippen molar-refractivity contribution in [3.8, 4) is 5.69 Å². The van der Waals surface area contributed by atoms with Crippen molar-refractivity contribution in [1.29, 1.82) is 0 Å². The number of rotatable bonds is 6. The Morgan fingerprint density at radius 3 is 2.53 bits per heavy atom. The summed E-state index contributed by atoms with van der Waals surface area (Å²) in [5.41, 5.74) is 6.73. The van der Waals surface area contributed by atoms with Gasteiger partial charge in [-0.2, -0.15) is 0 Å². The van der Waals surface area contributed by atoms with Gasteiger partial charge in [-0.1, -0.05) is 6.07 Å². The average Bonchev–Trinajstić information content (AvgIpc) is 3.36. The molecule has 1 N–H and O–H groups in total. The lowest BCUT2D eigenvalue weighted by molar-refractivity contribution is 0.255. The van der Waals surface area contributed by atoms with Gasteiger partial charge in [-0.3, -0.25) is 19.2 Å². The van der Waals surface area contributed by atoms with Gasteiger partial charge in [0.15, 0.2) is 5.69 Å². The molecular formula is C31H30N6O. The standard InChI is InChI=1S/C31H30N6O/c1-22-5-11-27-30(34-22)13-15-37(31(27)38)26-9-7-25(8-10-26)36-18-16-35(17-19-36)14-3-4-23-21-33-29-12-6-24(32-2)20-28(23)29/h5-13,15,20-21,33H,3-4,14,16-19H2,1H3. The largest absolute Gasteiger partial charge is 0.369 e. The molecule has 0 saturated carbocycles. The van der Waals surface area contributed by atoms with Crippen LogP contribution in [0.25, 0.3) is 32.3 Å². The number of fused-ring (bicyclic) bond motifs is 2. The lowest BCUT2D eigenvalue weighted by atomic mass is 10.1. The van der Waals surface area contributed by atoms with Gasteiger partial charge < -0.3 is 9.88 Å². The van der Waals surface area contributed by atoms with Crippen molar-refractivity contribution >= 4 is 33.2 Å². The zero-order valence-corrected chi connectivity index (χ0v) is 21.5. The smallest absolute Gasteiger partial charge is 0.264 e. The summed E-state index contributed by atoms with van der Waals surface area (Å²) in [5, 5.41) is 1.81. The van der Waals surface area contributed by atoms with Crippen molar-refractivity contribution in [2.45, 2.75) is 19.8 Å². The van der Waals surface area contributed by atoms with Crippen LogP contribution in [-0.4, -0.2) is 52.2 Å². The summed E-state index contributed by atoms with van der Waals surface area (Å²) in [6.07, 6.45) is 6.00. The van der Waals surface area contributed by atoms with Gasteiger partial charge in [0.2, 0.25) is 0 Å². The van der Waals surface area contributed by atoms with Gasteiger partial charge in [-0.25, -0.2) is 4.85 Å². The van der Waals surface area contributed by atoms with Gasteiger partial charge in [-0.05, 0) is 91.9 Å². The number of aryl methyl sites for hydroxylation is 2. The highest BCUT2D eigenvalue weighted by Crippen LogP contribution is 2.25. The molecule has 1 fully saturated rings. The zero-order valence-electron chi connectivity index (χ0n) is 21.5. The number of benzene rings is 2. The second-order valence-electron chi connectivity index (χ2n) is 9.98. The first-order valence-electron chi connectivity index (χ1n) is 13.1. The van der Waals surface area contributed by atoms with Crippen LogP contribution < -0.4 is 10.5 Å². The lowest BCUT2D eigenvalue weighted by Gasteiger charge is -2.36. The maximum Gasteiger partial charge on any atom is 0.264 e. The Kier molecular flexibility index (Phi) is 6.40. The molecule has 5 aromatic rings. The Balaban J connectivity index is 1.05. The van der Waals surface area contributed by atoms with E-state index < -0.39 is 0 Å². The van der Waals surface area contributed by atoms with Crippen molar-refractivity contribution in [2.75, 3.05) is 37.6 Å². The summed E-state index contributed by atoms with van der Waals surface area (Å²) in [6.45, 7) is 14.3. The molecule has 0 unspecified atom stereocenters.